The van der Waals surface area contributed by atoms with Gasteiger partial charge in [-0.25, -0.2) is 4.79 Å². The number of rotatable bonds is 4. The third-order valence-electron chi connectivity index (χ3n) is 2.90. The van der Waals surface area contributed by atoms with Crippen LogP contribution < -0.4 is 10.6 Å². The Bertz CT molecular complexity index is 420. The van der Waals surface area contributed by atoms with E-state index >= 15 is 0 Å². The van der Waals surface area contributed by atoms with Crippen LogP contribution in [-0.2, 0) is 11.3 Å². The number of alkyl carbamates (subject to hydrolysis) is 1. The third kappa shape index (κ3) is 3.56. The van der Waals surface area contributed by atoms with Crippen LogP contribution in [0.25, 0.3) is 0 Å². The molecule has 0 bridgehead atoms. The maximum Gasteiger partial charge on any atom is 0.407 e. The molecule has 1 aromatic carbocycles. The van der Waals surface area contributed by atoms with E-state index < -0.39 is 6.09 Å². The van der Waals surface area contributed by atoms with Crippen molar-refractivity contribution < 1.29 is 9.53 Å². The van der Waals surface area contributed by atoms with Gasteiger partial charge in [-0.2, -0.15) is 0 Å². The van der Waals surface area contributed by atoms with Gasteiger partial charge >= 0.3 is 6.09 Å². The van der Waals surface area contributed by atoms with E-state index in [0.717, 1.165) is 12.1 Å². The predicted octanol–water partition coefficient (Wildman–Crippen LogP) is 1.15. The van der Waals surface area contributed by atoms with Gasteiger partial charge < -0.3 is 20.8 Å². The molecule has 0 spiro atoms. The molecule has 0 radical (unpaired) electrons. The van der Waals surface area contributed by atoms with Gasteiger partial charge in [-0.15, -0.1) is 0 Å². The van der Waals surface area contributed by atoms with Crippen molar-refractivity contribution in [3.63, 3.8) is 0 Å². The van der Waals surface area contributed by atoms with Gasteiger partial charge in [0.2, 0.25) is 0 Å². The molecule has 0 aliphatic carbocycles. The summed E-state index contributed by atoms with van der Waals surface area (Å²) >= 11 is 0. The number of benzene rings is 1. The Hall–Kier alpha value is -1.88. The number of carbonyl (C=O) groups is 1. The van der Waals surface area contributed by atoms with Crippen molar-refractivity contribution in [2.24, 2.45) is 5.92 Å². The molecule has 0 aromatic heterocycles. The van der Waals surface area contributed by atoms with Crippen LogP contribution in [0.15, 0.2) is 30.3 Å². The molecule has 5 heteroatoms. The fourth-order valence-corrected chi connectivity index (χ4v) is 1.82. The van der Waals surface area contributed by atoms with Crippen LogP contribution >= 0.6 is 0 Å². The van der Waals surface area contributed by atoms with E-state index in [1.165, 1.54) is 0 Å². The van der Waals surface area contributed by atoms with Gasteiger partial charge in [0, 0.05) is 31.3 Å². The van der Waals surface area contributed by atoms with Crippen molar-refractivity contribution in [3.8, 4) is 0 Å². The minimum Gasteiger partial charge on any atom is -0.445 e. The van der Waals surface area contributed by atoms with Crippen LogP contribution in [0.3, 0.4) is 0 Å². The van der Waals surface area contributed by atoms with Crippen LogP contribution in [0.1, 0.15) is 5.56 Å². The van der Waals surface area contributed by atoms with E-state index in [0.29, 0.717) is 18.8 Å². The molecule has 1 aromatic rings. The fourth-order valence-electron chi connectivity index (χ4n) is 1.82. The van der Waals surface area contributed by atoms with Crippen molar-refractivity contribution in [1.82, 2.24) is 10.6 Å². The molecule has 1 amide bonds. The van der Waals surface area contributed by atoms with Crippen LogP contribution in [-0.4, -0.2) is 31.4 Å². The van der Waals surface area contributed by atoms with E-state index in [4.69, 9.17) is 10.1 Å². The van der Waals surface area contributed by atoms with Gasteiger partial charge in [-0.05, 0) is 5.56 Å². The van der Waals surface area contributed by atoms with Gasteiger partial charge in [-0.1, -0.05) is 30.3 Å². The molecule has 1 aliphatic heterocycles. The third-order valence-corrected chi connectivity index (χ3v) is 2.90. The molecular formula is C13H17N3O2. The standard InChI is InChI=1S/C13H17N3O2/c14-12-8-15-6-11(12)7-16-13(17)18-9-10-4-2-1-3-5-10/h1-5,11,14-15H,6-9H2,(H,16,17)/t11-/m1/s1. The van der Waals surface area contributed by atoms with Crippen LogP contribution in [0.5, 0.6) is 0 Å². The van der Waals surface area contributed by atoms with E-state index in [2.05, 4.69) is 10.6 Å². The smallest absolute Gasteiger partial charge is 0.407 e. The summed E-state index contributed by atoms with van der Waals surface area (Å²) < 4.78 is 5.08. The van der Waals surface area contributed by atoms with E-state index in [1.807, 2.05) is 30.3 Å². The molecule has 0 saturated carbocycles. The maximum absolute atomic E-state index is 11.5. The van der Waals surface area contributed by atoms with E-state index in [-0.39, 0.29) is 12.5 Å². The second kappa shape index (κ2) is 6.16. The lowest BCUT2D eigenvalue weighted by Gasteiger charge is -2.11. The van der Waals surface area contributed by atoms with E-state index in [1.54, 1.807) is 0 Å². The Morgan fingerprint density at radius 1 is 1.44 bits per heavy atom. The lowest BCUT2D eigenvalue weighted by atomic mass is 10.1. The molecule has 1 aliphatic rings. The van der Waals surface area contributed by atoms with Gasteiger partial charge in [0.25, 0.3) is 0 Å². The number of nitrogens with one attached hydrogen (secondary N) is 3. The monoisotopic (exact) mass is 247 g/mol. The number of carbonyl (C=O) groups excluding carboxylic acids is 1. The van der Waals surface area contributed by atoms with Crippen molar-refractivity contribution in [2.45, 2.75) is 6.61 Å². The summed E-state index contributed by atoms with van der Waals surface area (Å²) in [5, 5.41) is 13.4. The van der Waals surface area contributed by atoms with Crippen LogP contribution in [0.4, 0.5) is 4.79 Å². The molecule has 5 nitrogen and oxygen atoms in total. The number of hydrogen-bond acceptors (Lipinski definition) is 4. The largest absolute Gasteiger partial charge is 0.445 e. The van der Waals surface area contributed by atoms with Gasteiger partial charge in [0.1, 0.15) is 6.61 Å². The Morgan fingerprint density at radius 2 is 2.22 bits per heavy atom. The zero-order chi connectivity index (χ0) is 12.8. The lowest BCUT2D eigenvalue weighted by Crippen LogP contribution is -2.32. The van der Waals surface area contributed by atoms with Gasteiger partial charge in [0.15, 0.2) is 0 Å². The molecule has 96 valence electrons. The highest BCUT2D eigenvalue weighted by Crippen LogP contribution is 2.03. The molecule has 3 N–H and O–H groups in total. The highest BCUT2D eigenvalue weighted by Gasteiger charge is 2.21. The first kappa shape index (κ1) is 12.6. The van der Waals surface area contributed by atoms with Crippen molar-refractivity contribution in [1.29, 1.82) is 5.41 Å². The topological polar surface area (TPSA) is 74.2 Å². The van der Waals surface area contributed by atoms with Crippen molar-refractivity contribution in [2.75, 3.05) is 19.6 Å². The second-order valence-electron chi connectivity index (χ2n) is 4.30. The highest BCUT2D eigenvalue weighted by molar-refractivity contribution is 5.88. The quantitative estimate of drug-likeness (QED) is 0.747. The predicted molar refractivity (Wildman–Crippen MR) is 68.7 cm³/mol. The summed E-state index contributed by atoms with van der Waals surface area (Å²) in [6.07, 6.45) is -0.432. The minimum atomic E-state index is -0.432. The lowest BCUT2D eigenvalue weighted by molar-refractivity contribution is 0.139. The maximum atomic E-state index is 11.5. The van der Waals surface area contributed by atoms with Crippen molar-refractivity contribution >= 4 is 11.8 Å². The SMILES string of the molecule is N=C1CNC[C@@H]1CNC(=O)OCc1ccccc1. The van der Waals surface area contributed by atoms with E-state index in [9.17, 15) is 4.79 Å². The highest BCUT2D eigenvalue weighted by atomic mass is 16.5. The second-order valence-corrected chi connectivity index (χ2v) is 4.30. The normalized spacial score (nSPS) is 18.7. The minimum absolute atomic E-state index is 0.0919. The summed E-state index contributed by atoms with van der Waals surface area (Å²) in [7, 11) is 0. The molecule has 1 heterocycles. The van der Waals surface area contributed by atoms with Crippen molar-refractivity contribution in [3.05, 3.63) is 35.9 Å². The van der Waals surface area contributed by atoms with Crippen LogP contribution in [0.2, 0.25) is 0 Å². The summed E-state index contributed by atoms with van der Waals surface area (Å²) in [6.45, 7) is 2.09. The Balaban J connectivity index is 1.68. The molecule has 18 heavy (non-hydrogen) atoms. The Kier molecular flexibility index (Phi) is 4.30. The first-order valence-electron chi connectivity index (χ1n) is 5.98. The Morgan fingerprint density at radius 3 is 2.89 bits per heavy atom. The summed E-state index contributed by atoms with van der Waals surface area (Å²) in [4.78, 5) is 11.5. The average Bonchev–Trinajstić information content (AvgIpc) is 2.81. The molecular weight excluding hydrogens is 230 g/mol. The van der Waals surface area contributed by atoms with Gasteiger partial charge in [0.05, 0.1) is 0 Å². The number of ether oxygens (including phenoxy) is 1. The van der Waals surface area contributed by atoms with Crippen LogP contribution in [0, 0.1) is 11.3 Å². The zero-order valence-corrected chi connectivity index (χ0v) is 10.1. The molecule has 1 atom stereocenters. The van der Waals surface area contributed by atoms with Gasteiger partial charge in [-0.3, -0.25) is 0 Å². The zero-order valence-electron chi connectivity index (χ0n) is 10.1. The first-order chi connectivity index (χ1) is 8.75. The number of hydrogen-bond donors (Lipinski definition) is 3. The molecule has 2 rings (SSSR count). The summed E-state index contributed by atoms with van der Waals surface area (Å²) in [5.74, 6) is 0.0919. The Labute approximate surface area is 106 Å². The first-order valence-corrected chi connectivity index (χ1v) is 5.98. The summed E-state index contributed by atoms with van der Waals surface area (Å²) in [5.41, 5.74) is 1.60. The molecule has 1 saturated heterocycles. The average molecular weight is 247 g/mol. The summed E-state index contributed by atoms with van der Waals surface area (Å²) in [6, 6.07) is 9.54. The molecule has 0 unspecified atom stereocenters. The fraction of sp³-hybridized carbons (Fsp3) is 0.385. The number of amides is 1. The molecule has 1 fully saturated rings.